The van der Waals surface area contributed by atoms with E-state index in [0.717, 1.165) is 6.42 Å². The zero-order chi connectivity index (χ0) is 13.0. The first kappa shape index (κ1) is 12.7. The zero-order valence-corrected chi connectivity index (χ0v) is 10.9. The molecule has 4 nitrogen and oxygen atoms in total. The van der Waals surface area contributed by atoms with Crippen LogP contribution < -0.4 is 5.82 Å². The van der Waals surface area contributed by atoms with Crippen LogP contribution in [0.5, 0.6) is 0 Å². The molecule has 0 aliphatic rings. The molecule has 0 spiro atoms. The lowest BCUT2D eigenvalue weighted by atomic mass is 10.1. The average Bonchev–Trinajstić information content (AvgIpc) is 2.88. The highest BCUT2D eigenvalue weighted by Crippen LogP contribution is 2.11. The fourth-order valence-corrected chi connectivity index (χ4v) is 2.00. The molecular weight excluding hydrogens is 230 g/mol. The van der Waals surface area contributed by atoms with Gasteiger partial charge in [-0.2, -0.15) is 0 Å². The van der Waals surface area contributed by atoms with Crippen LogP contribution >= 0.6 is 0 Å². The molecule has 0 saturated heterocycles. The van der Waals surface area contributed by atoms with Crippen molar-refractivity contribution in [2.45, 2.75) is 46.1 Å². The third-order valence-electron chi connectivity index (χ3n) is 3.04. The third kappa shape index (κ3) is 3.15. The van der Waals surface area contributed by atoms with Crippen molar-refractivity contribution >= 4 is 0 Å². The molecule has 2 aromatic heterocycles. The summed E-state index contributed by atoms with van der Waals surface area (Å²) in [6.45, 7) is 4.49. The SMILES string of the molecule is CCCCCc1ccn(Cc2oc(=O)oc2C)c1. The van der Waals surface area contributed by atoms with Crippen LogP contribution in [0.3, 0.4) is 0 Å². The van der Waals surface area contributed by atoms with E-state index in [9.17, 15) is 4.79 Å². The van der Waals surface area contributed by atoms with Gasteiger partial charge in [0.25, 0.3) is 0 Å². The van der Waals surface area contributed by atoms with Crippen molar-refractivity contribution < 1.29 is 8.83 Å². The fourth-order valence-electron chi connectivity index (χ4n) is 2.00. The minimum atomic E-state index is -0.627. The minimum absolute atomic E-state index is 0.547. The molecule has 18 heavy (non-hydrogen) atoms. The lowest BCUT2D eigenvalue weighted by Crippen LogP contribution is -1.97. The quantitative estimate of drug-likeness (QED) is 0.739. The Morgan fingerprint density at radius 2 is 2.11 bits per heavy atom. The van der Waals surface area contributed by atoms with E-state index in [2.05, 4.69) is 19.2 Å². The van der Waals surface area contributed by atoms with E-state index >= 15 is 0 Å². The summed E-state index contributed by atoms with van der Waals surface area (Å²) < 4.78 is 11.8. The van der Waals surface area contributed by atoms with Crippen LogP contribution in [0.25, 0.3) is 0 Å². The van der Waals surface area contributed by atoms with Gasteiger partial charge in [0.15, 0.2) is 5.76 Å². The molecule has 0 bridgehead atoms. The molecule has 0 unspecified atom stereocenters. The molecule has 0 fully saturated rings. The summed E-state index contributed by atoms with van der Waals surface area (Å²) in [5.41, 5.74) is 1.33. The molecule has 2 aromatic rings. The Morgan fingerprint density at radius 1 is 1.28 bits per heavy atom. The highest BCUT2D eigenvalue weighted by Gasteiger charge is 2.08. The van der Waals surface area contributed by atoms with Gasteiger partial charge in [0, 0.05) is 12.4 Å². The van der Waals surface area contributed by atoms with Gasteiger partial charge in [0.05, 0.1) is 6.54 Å². The summed E-state index contributed by atoms with van der Waals surface area (Å²) in [6.07, 6.45) is 8.94. The summed E-state index contributed by atoms with van der Waals surface area (Å²) in [5, 5.41) is 0. The zero-order valence-electron chi connectivity index (χ0n) is 10.9. The van der Waals surface area contributed by atoms with Crippen LogP contribution in [0, 0.1) is 6.92 Å². The highest BCUT2D eigenvalue weighted by atomic mass is 16.6. The molecule has 0 amide bonds. The smallest absolute Gasteiger partial charge is 0.396 e. The van der Waals surface area contributed by atoms with Gasteiger partial charge in [0.1, 0.15) is 5.76 Å². The van der Waals surface area contributed by atoms with Crippen molar-refractivity contribution in [3.63, 3.8) is 0 Å². The number of unbranched alkanes of at least 4 members (excludes halogenated alkanes) is 2. The molecule has 4 heteroatoms. The largest absolute Gasteiger partial charge is 0.519 e. The molecule has 0 radical (unpaired) electrons. The maximum Gasteiger partial charge on any atom is 0.519 e. The molecular formula is C14H19NO3. The molecule has 0 atom stereocenters. The van der Waals surface area contributed by atoms with E-state index in [4.69, 9.17) is 8.83 Å². The summed E-state index contributed by atoms with van der Waals surface area (Å²) in [4.78, 5) is 10.9. The maximum atomic E-state index is 10.9. The number of aromatic nitrogens is 1. The Hall–Kier alpha value is -1.71. The monoisotopic (exact) mass is 249 g/mol. The molecule has 0 aliphatic carbocycles. The lowest BCUT2D eigenvalue weighted by Gasteiger charge is -1.99. The van der Waals surface area contributed by atoms with Crippen molar-refractivity contribution in [1.82, 2.24) is 4.57 Å². The van der Waals surface area contributed by atoms with E-state index in [1.165, 1.54) is 24.8 Å². The minimum Gasteiger partial charge on any atom is -0.396 e. The fraction of sp³-hybridized carbons (Fsp3) is 0.500. The summed E-state index contributed by atoms with van der Waals surface area (Å²) >= 11 is 0. The van der Waals surface area contributed by atoms with Crippen molar-refractivity contribution in [1.29, 1.82) is 0 Å². The van der Waals surface area contributed by atoms with Crippen molar-refractivity contribution in [2.24, 2.45) is 0 Å². The molecule has 0 saturated carbocycles. The van der Waals surface area contributed by atoms with Crippen molar-refractivity contribution in [3.05, 3.63) is 46.2 Å². The molecule has 0 aliphatic heterocycles. The normalized spacial score (nSPS) is 11.0. The van der Waals surface area contributed by atoms with Crippen LogP contribution in [0.1, 0.15) is 43.3 Å². The van der Waals surface area contributed by atoms with E-state index in [-0.39, 0.29) is 0 Å². The van der Waals surface area contributed by atoms with Gasteiger partial charge in [0.2, 0.25) is 0 Å². The van der Waals surface area contributed by atoms with E-state index in [1.54, 1.807) is 6.92 Å². The van der Waals surface area contributed by atoms with Crippen LogP contribution in [0.2, 0.25) is 0 Å². The van der Waals surface area contributed by atoms with Gasteiger partial charge in [-0.15, -0.1) is 0 Å². The topological polar surface area (TPSA) is 48.3 Å². The Labute approximate surface area is 106 Å². The Morgan fingerprint density at radius 3 is 2.78 bits per heavy atom. The van der Waals surface area contributed by atoms with Gasteiger partial charge >= 0.3 is 5.82 Å². The van der Waals surface area contributed by atoms with E-state index < -0.39 is 5.82 Å². The second kappa shape index (κ2) is 5.76. The Bertz CT molecular complexity index is 547. The van der Waals surface area contributed by atoms with Crippen LogP contribution in [0.15, 0.2) is 32.1 Å². The number of hydrogen-bond acceptors (Lipinski definition) is 3. The second-order valence-corrected chi connectivity index (χ2v) is 4.58. The molecule has 2 rings (SSSR count). The maximum absolute atomic E-state index is 10.9. The number of aryl methyl sites for hydroxylation is 2. The summed E-state index contributed by atoms with van der Waals surface area (Å²) in [5.74, 6) is 0.523. The molecule has 0 aromatic carbocycles. The summed E-state index contributed by atoms with van der Waals surface area (Å²) in [6, 6.07) is 2.11. The predicted octanol–water partition coefficient (Wildman–Crippen LogP) is 3.12. The average molecular weight is 249 g/mol. The molecule has 0 N–H and O–H groups in total. The van der Waals surface area contributed by atoms with Gasteiger partial charge in [-0.3, -0.25) is 0 Å². The number of nitrogens with zero attached hydrogens (tertiary/aromatic N) is 1. The van der Waals surface area contributed by atoms with E-state index in [1.807, 2.05) is 10.8 Å². The van der Waals surface area contributed by atoms with Crippen LogP contribution in [0.4, 0.5) is 0 Å². The summed E-state index contributed by atoms with van der Waals surface area (Å²) in [7, 11) is 0. The van der Waals surface area contributed by atoms with Crippen molar-refractivity contribution in [3.8, 4) is 0 Å². The van der Waals surface area contributed by atoms with Crippen LogP contribution in [-0.2, 0) is 13.0 Å². The Kier molecular flexibility index (Phi) is 4.07. The predicted molar refractivity (Wildman–Crippen MR) is 68.7 cm³/mol. The highest BCUT2D eigenvalue weighted by molar-refractivity contribution is 5.12. The van der Waals surface area contributed by atoms with E-state index in [0.29, 0.717) is 18.1 Å². The lowest BCUT2D eigenvalue weighted by molar-refractivity contribution is 0.367. The Balaban J connectivity index is 1.98. The van der Waals surface area contributed by atoms with Gasteiger partial charge < -0.3 is 13.4 Å². The number of rotatable bonds is 6. The first-order chi connectivity index (χ1) is 8.69. The third-order valence-corrected chi connectivity index (χ3v) is 3.04. The van der Waals surface area contributed by atoms with Gasteiger partial charge in [-0.05, 0) is 31.4 Å². The van der Waals surface area contributed by atoms with Crippen molar-refractivity contribution in [2.75, 3.05) is 0 Å². The first-order valence-electron chi connectivity index (χ1n) is 6.43. The van der Waals surface area contributed by atoms with Gasteiger partial charge in [-0.1, -0.05) is 19.8 Å². The first-order valence-corrected chi connectivity index (χ1v) is 6.43. The second-order valence-electron chi connectivity index (χ2n) is 4.58. The molecule has 2 heterocycles. The van der Waals surface area contributed by atoms with Crippen LogP contribution in [-0.4, -0.2) is 4.57 Å². The van der Waals surface area contributed by atoms with Gasteiger partial charge in [-0.25, -0.2) is 4.79 Å². The standard InChI is InChI=1S/C14H19NO3/c1-3-4-5-6-12-7-8-15(9-12)10-13-11(2)17-14(16)18-13/h7-9H,3-6,10H2,1-2H3. The number of hydrogen-bond donors (Lipinski definition) is 0. The molecule has 98 valence electrons.